The van der Waals surface area contributed by atoms with Gasteiger partial charge in [-0.05, 0) is 43.2 Å². The number of thiazole rings is 1. The molecule has 1 aromatic heterocycles. The second-order valence-electron chi connectivity index (χ2n) is 6.24. The first kappa shape index (κ1) is 16.8. The van der Waals surface area contributed by atoms with Gasteiger partial charge in [0, 0.05) is 6.54 Å². The maximum atomic E-state index is 13.3. The number of nitrogens with zero attached hydrogens (tertiary/aromatic N) is 2. The van der Waals surface area contributed by atoms with Gasteiger partial charge >= 0.3 is 0 Å². The molecule has 0 spiro atoms. The molecule has 0 radical (unpaired) electrons. The number of likely N-dealkylation sites (tertiary alicyclic amines) is 1. The second kappa shape index (κ2) is 6.96. The highest BCUT2D eigenvalue weighted by Crippen LogP contribution is 2.38. The van der Waals surface area contributed by atoms with E-state index in [2.05, 4.69) is 6.07 Å². The van der Waals surface area contributed by atoms with Crippen molar-refractivity contribution < 1.29 is 14.3 Å². The Kier molecular flexibility index (Phi) is 4.51. The highest BCUT2D eigenvalue weighted by atomic mass is 32.1. The fourth-order valence-corrected chi connectivity index (χ4v) is 4.55. The Morgan fingerprint density at radius 1 is 1.19 bits per heavy atom. The molecule has 4 rings (SSSR count). The van der Waals surface area contributed by atoms with E-state index >= 15 is 0 Å². The van der Waals surface area contributed by atoms with Crippen LogP contribution >= 0.6 is 11.3 Å². The first-order valence-corrected chi connectivity index (χ1v) is 9.41. The molecule has 0 aliphatic carbocycles. The van der Waals surface area contributed by atoms with Gasteiger partial charge in [0.1, 0.15) is 16.5 Å². The van der Waals surface area contributed by atoms with E-state index in [1.54, 1.807) is 43.8 Å². The van der Waals surface area contributed by atoms with E-state index in [1.165, 1.54) is 0 Å². The predicted molar refractivity (Wildman–Crippen MR) is 102 cm³/mol. The quantitative estimate of drug-likeness (QED) is 0.689. The summed E-state index contributed by atoms with van der Waals surface area (Å²) in [7, 11) is 3.17. The molecule has 1 unspecified atom stereocenters. The maximum Gasteiger partial charge on any atom is 0.258 e. The van der Waals surface area contributed by atoms with Crippen molar-refractivity contribution in [3.63, 3.8) is 0 Å². The lowest BCUT2D eigenvalue weighted by atomic mass is 10.1. The van der Waals surface area contributed by atoms with E-state index in [-0.39, 0.29) is 11.9 Å². The van der Waals surface area contributed by atoms with E-state index in [0.717, 1.165) is 34.6 Å². The minimum Gasteiger partial charge on any atom is -0.497 e. The fraction of sp³-hybridized carbons (Fsp3) is 0.300. The van der Waals surface area contributed by atoms with Gasteiger partial charge in [-0.15, -0.1) is 11.3 Å². The maximum absolute atomic E-state index is 13.3. The van der Waals surface area contributed by atoms with Crippen molar-refractivity contribution in [2.45, 2.75) is 18.9 Å². The summed E-state index contributed by atoms with van der Waals surface area (Å²) in [5, 5.41) is 0.999. The van der Waals surface area contributed by atoms with Gasteiger partial charge in [0.2, 0.25) is 0 Å². The Hall–Kier alpha value is -2.60. The average molecular weight is 368 g/mol. The van der Waals surface area contributed by atoms with Crippen LogP contribution in [-0.2, 0) is 0 Å². The van der Waals surface area contributed by atoms with Crippen LogP contribution in [0.1, 0.15) is 34.2 Å². The molecule has 2 heterocycles. The molecule has 2 aromatic carbocycles. The summed E-state index contributed by atoms with van der Waals surface area (Å²) in [5.41, 5.74) is 1.52. The molecule has 3 aromatic rings. The number of hydrogen-bond donors (Lipinski definition) is 0. The third kappa shape index (κ3) is 2.90. The Bertz CT molecular complexity index is 920. The number of rotatable bonds is 4. The minimum atomic E-state index is -0.0393. The molecular weight excluding hydrogens is 348 g/mol. The highest BCUT2D eigenvalue weighted by Gasteiger charge is 2.34. The molecule has 134 valence electrons. The molecule has 0 bridgehead atoms. The number of methoxy groups -OCH3 is 2. The summed E-state index contributed by atoms with van der Waals surface area (Å²) in [4.78, 5) is 19.9. The number of fused-ring (bicyclic) bond motifs is 1. The topological polar surface area (TPSA) is 51.7 Å². The Morgan fingerprint density at radius 3 is 2.81 bits per heavy atom. The number of aromatic nitrogens is 1. The number of ether oxygens (including phenoxy) is 2. The number of benzene rings is 2. The number of hydrogen-bond acceptors (Lipinski definition) is 5. The summed E-state index contributed by atoms with van der Waals surface area (Å²) >= 11 is 1.67. The molecule has 1 atom stereocenters. The van der Waals surface area contributed by atoms with Crippen LogP contribution in [0.5, 0.6) is 11.5 Å². The molecular formula is C20H20N2O3S. The summed E-state index contributed by atoms with van der Waals surface area (Å²) in [6.45, 7) is 0.722. The van der Waals surface area contributed by atoms with Crippen molar-refractivity contribution in [1.82, 2.24) is 9.88 Å². The van der Waals surface area contributed by atoms with Gasteiger partial charge in [-0.1, -0.05) is 12.1 Å². The lowest BCUT2D eigenvalue weighted by molar-refractivity contribution is 0.0731. The molecule has 0 N–H and O–H groups in total. The van der Waals surface area contributed by atoms with Gasteiger partial charge in [-0.3, -0.25) is 4.79 Å². The van der Waals surface area contributed by atoms with Crippen molar-refractivity contribution >= 4 is 27.5 Å². The van der Waals surface area contributed by atoms with Crippen LogP contribution < -0.4 is 9.47 Å². The monoisotopic (exact) mass is 368 g/mol. The van der Waals surface area contributed by atoms with Crippen LogP contribution in [-0.4, -0.2) is 36.6 Å². The normalized spacial score (nSPS) is 16.8. The van der Waals surface area contributed by atoms with Crippen molar-refractivity contribution in [3.8, 4) is 11.5 Å². The zero-order chi connectivity index (χ0) is 18.1. The number of para-hydroxylation sites is 1. The molecule has 26 heavy (non-hydrogen) atoms. The van der Waals surface area contributed by atoms with E-state index < -0.39 is 0 Å². The van der Waals surface area contributed by atoms with Crippen LogP contribution in [0.3, 0.4) is 0 Å². The smallest absolute Gasteiger partial charge is 0.258 e. The molecule has 1 saturated heterocycles. The van der Waals surface area contributed by atoms with Crippen molar-refractivity contribution in [3.05, 3.63) is 53.0 Å². The number of amides is 1. The second-order valence-corrected chi connectivity index (χ2v) is 7.30. The molecule has 5 nitrogen and oxygen atoms in total. The van der Waals surface area contributed by atoms with Crippen LogP contribution in [0.4, 0.5) is 0 Å². The summed E-state index contributed by atoms with van der Waals surface area (Å²) < 4.78 is 11.8. The average Bonchev–Trinajstić information content (AvgIpc) is 3.33. The van der Waals surface area contributed by atoms with Gasteiger partial charge in [-0.25, -0.2) is 4.98 Å². The zero-order valence-corrected chi connectivity index (χ0v) is 15.6. The summed E-state index contributed by atoms with van der Waals surface area (Å²) in [5.74, 6) is 1.16. The number of carbonyl (C=O) groups excluding carboxylic acids is 1. The molecule has 1 fully saturated rings. The molecule has 1 amide bonds. The van der Waals surface area contributed by atoms with Crippen LogP contribution in [0.25, 0.3) is 10.2 Å². The van der Waals surface area contributed by atoms with E-state index in [4.69, 9.17) is 14.5 Å². The minimum absolute atomic E-state index is 0.0100. The van der Waals surface area contributed by atoms with Crippen LogP contribution in [0, 0.1) is 0 Å². The lowest BCUT2D eigenvalue weighted by Crippen LogP contribution is -2.30. The largest absolute Gasteiger partial charge is 0.497 e. The molecule has 1 aliphatic heterocycles. The molecule has 0 saturated carbocycles. The Labute approximate surface area is 156 Å². The zero-order valence-electron chi connectivity index (χ0n) is 14.8. The van der Waals surface area contributed by atoms with E-state index in [0.29, 0.717) is 17.1 Å². The van der Waals surface area contributed by atoms with Crippen LogP contribution in [0.15, 0.2) is 42.5 Å². The Morgan fingerprint density at radius 2 is 2.04 bits per heavy atom. The first-order chi connectivity index (χ1) is 12.7. The molecule has 6 heteroatoms. The van der Waals surface area contributed by atoms with Gasteiger partial charge in [0.05, 0.1) is 36.0 Å². The lowest BCUT2D eigenvalue weighted by Gasteiger charge is -2.24. The third-order valence-electron chi connectivity index (χ3n) is 4.75. The standard InChI is InChI=1S/C20H20N2O3S/c1-24-13-9-10-17(25-2)14(12-13)20(23)22-11-5-7-16(22)19-21-15-6-3-4-8-18(15)26-19/h3-4,6,8-10,12,16H,5,7,11H2,1-2H3. The van der Waals surface area contributed by atoms with Crippen LogP contribution in [0.2, 0.25) is 0 Å². The van der Waals surface area contributed by atoms with E-state index in [1.807, 2.05) is 23.1 Å². The van der Waals surface area contributed by atoms with E-state index in [9.17, 15) is 4.79 Å². The SMILES string of the molecule is COc1ccc(OC)c(C(=O)N2CCCC2c2nc3ccccc3s2)c1. The Balaban J connectivity index is 1.69. The van der Waals surface area contributed by atoms with Gasteiger partial charge < -0.3 is 14.4 Å². The third-order valence-corrected chi connectivity index (χ3v) is 5.88. The van der Waals surface area contributed by atoms with Gasteiger partial charge in [0.25, 0.3) is 5.91 Å². The predicted octanol–water partition coefficient (Wildman–Crippen LogP) is 4.29. The van der Waals surface area contributed by atoms with Gasteiger partial charge in [0.15, 0.2) is 0 Å². The van der Waals surface area contributed by atoms with Crippen molar-refractivity contribution in [1.29, 1.82) is 0 Å². The van der Waals surface area contributed by atoms with Crippen molar-refractivity contribution in [2.75, 3.05) is 20.8 Å². The highest BCUT2D eigenvalue weighted by molar-refractivity contribution is 7.18. The summed E-state index contributed by atoms with van der Waals surface area (Å²) in [6, 6.07) is 13.4. The fourth-order valence-electron chi connectivity index (χ4n) is 3.43. The summed E-state index contributed by atoms with van der Waals surface area (Å²) in [6.07, 6.45) is 1.90. The molecule has 1 aliphatic rings. The number of carbonyl (C=O) groups is 1. The van der Waals surface area contributed by atoms with Gasteiger partial charge in [-0.2, -0.15) is 0 Å². The first-order valence-electron chi connectivity index (χ1n) is 8.59. The van der Waals surface area contributed by atoms with Crippen molar-refractivity contribution in [2.24, 2.45) is 0 Å².